The number of amides is 1. The molecule has 0 aliphatic rings. The molecule has 0 unspecified atom stereocenters. The normalized spacial score (nSPS) is 10.8. The average Bonchev–Trinajstić information content (AvgIpc) is 3.39. The van der Waals surface area contributed by atoms with Crippen LogP contribution >= 0.6 is 0 Å². The zero-order valence-electron chi connectivity index (χ0n) is 18.6. The van der Waals surface area contributed by atoms with Gasteiger partial charge in [-0.15, -0.1) is 0 Å². The molecule has 0 atom stereocenters. The van der Waals surface area contributed by atoms with E-state index in [2.05, 4.69) is 5.32 Å². The lowest BCUT2D eigenvalue weighted by molar-refractivity contribution is -0.121. The van der Waals surface area contributed by atoms with Crippen molar-refractivity contribution in [2.24, 2.45) is 0 Å². The molecule has 0 saturated heterocycles. The van der Waals surface area contributed by atoms with Crippen LogP contribution in [0.3, 0.4) is 0 Å². The van der Waals surface area contributed by atoms with Crippen molar-refractivity contribution in [3.63, 3.8) is 0 Å². The number of carbonyl (C=O) groups excluding carboxylic acids is 1. The number of rotatable bonds is 8. The lowest BCUT2D eigenvalue weighted by Crippen LogP contribution is -2.22. The van der Waals surface area contributed by atoms with Crippen molar-refractivity contribution in [2.45, 2.75) is 40.2 Å². The molecule has 2 aromatic heterocycles. The van der Waals surface area contributed by atoms with E-state index >= 15 is 0 Å². The fraction of sp³-hybridized carbons (Fsp3) is 0.231. The Kier molecular flexibility index (Phi) is 6.40. The Balaban J connectivity index is 1.60. The number of para-hydroxylation sites is 1. The van der Waals surface area contributed by atoms with Crippen molar-refractivity contribution in [3.05, 3.63) is 95.1 Å². The van der Waals surface area contributed by atoms with Crippen LogP contribution < -0.4 is 10.1 Å². The van der Waals surface area contributed by atoms with Gasteiger partial charge in [-0.3, -0.25) is 4.79 Å². The molecular formula is C26H27N3O3. The zero-order valence-corrected chi connectivity index (χ0v) is 18.6. The summed E-state index contributed by atoms with van der Waals surface area (Å²) >= 11 is 0. The molecule has 2 aromatic carbocycles. The van der Waals surface area contributed by atoms with E-state index in [1.54, 1.807) is 12.3 Å². The minimum Gasteiger partial charge on any atom is -0.467 e. The maximum absolute atomic E-state index is 12.4. The van der Waals surface area contributed by atoms with E-state index in [-0.39, 0.29) is 5.91 Å². The molecule has 0 spiro atoms. The lowest BCUT2D eigenvalue weighted by Gasteiger charge is -2.13. The van der Waals surface area contributed by atoms with Gasteiger partial charge in [0.25, 0.3) is 0 Å². The van der Waals surface area contributed by atoms with Crippen LogP contribution in [-0.2, 0) is 17.8 Å². The molecule has 32 heavy (non-hydrogen) atoms. The third-order valence-corrected chi connectivity index (χ3v) is 5.33. The van der Waals surface area contributed by atoms with Crippen molar-refractivity contribution in [1.29, 1.82) is 0 Å². The summed E-state index contributed by atoms with van der Waals surface area (Å²) in [5.74, 6) is 2.06. The van der Waals surface area contributed by atoms with E-state index in [1.807, 2.05) is 80.1 Å². The summed E-state index contributed by atoms with van der Waals surface area (Å²) in [6.07, 6.45) is 2.44. The highest BCUT2D eigenvalue weighted by molar-refractivity contribution is 5.76. The molecule has 0 bridgehead atoms. The molecule has 0 aliphatic carbocycles. The van der Waals surface area contributed by atoms with E-state index in [0.29, 0.717) is 25.3 Å². The molecule has 2 heterocycles. The summed E-state index contributed by atoms with van der Waals surface area (Å²) in [4.78, 5) is 12.4. The number of benzene rings is 2. The Morgan fingerprint density at radius 2 is 1.91 bits per heavy atom. The Hall–Kier alpha value is -3.80. The lowest BCUT2D eigenvalue weighted by atomic mass is 10.1. The minimum absolute atomic E-state index is 0.0500. The molecule has 0 fully saturated rings. The highest BCUT2D eigenvalue weighted by atomic mass is 16.5. The van der Waals surface area contributed by atoms with Crippen LogP contribution in [0.5, 0.6) is 11.6 Å². The molecule has 0 radical (unpaired) electrons. The first-order valence-corrected chi connectivity index (χ1v) is 10.7. The van der Waals surface area contributed by atoms with Gasteiger partial charge >= 0.3 is 0 Å². The van der Waals surface area contributed by atoms with Crippen LogP contribution in [-0.4, -0.2) is 15.7 Å². The van der Waals surface area contributed by atoms with Gasteiger partial charge < -0.3 is 14.5 Å². The maximum atomic E-state index is 12.4. The second-order valence-corrected chi connectivity index (χ2v) is 7.84. The van der Waals surface area contributed by atoms with Crippen molar-refractivity contribution in [3.8, 4) is 17.3 Å². The quantitative estimate of drug-likeness (QED) is 0.405. The predicted molar refractivity (Wildman–Crippen MR) is 123 cm³/mol. The monoisotopic (exact) mass is 429 g/mol. The smallest absolute Gasteiger partial charge is 0.226 e. The molecule has 4 aromatic rings. The number of nitrogens with zero attached hydrogens (tertiary/aromatic N) is 2. The molecule has 0 aliphatic heterocycles. The molecule has 0 saturated carbocycles. The van der Waals surface area contributed by atoms with E-state index < -0.39 is 0 Å². The summed E-state index contributed by atoms with van der Waals surface area (Å²) < 4.78 is 13.5. The highest BCUT2D eigenvalue weighted by Gasteiger charge is 2.20. The van der Waals surface area contributed by atoms with Crippen molar-refractivity contribution < 1.29 is 13.9 Å². The summed E-state index contributed by atoms with van der Waals surface area (Å²) in [6, 6.07) is 19.6. The third kappa shape index (κ3) is 4.91. The molecule has 1 amide bonds. The van der Waals surface area contributed by atoms with Crippen LogP contribution in [0.2, 0.25) is 0 Å². The first-order valence-electron chi connectivity index (χ1n) is 10.7. The maximum Gasteiger partial charge on any atom is 0.226 e. The molecule has 164 valence electrons. The Labute approximate surface area is 187 Å². The van der Waals surface area contributed by atoms with Gasteiger partial charge in [0, 0.05) is 12.0 Å². The van der Waals surface area contributed by atoms with Gasteiger partial charge in [-0.05, 0) is 68.7 Å². The van der Waals surface area contributed by atoms with Gasteiger partial charge in [0.05, 0.1) is 24.2 Å². The predicted octanol–water partition coefficient (Wildman–Crippen LogP) is 5.43. The van der Waals surface area contributed by atoms with Crippen LogP contribution in [0.1, 0.15) is 34.6 Å². The van der Waals surface area contributed by atoms with Crippen molar-refractivity contribution in [2.75, 3.05) is 0 Å². The second kappa shape index (κ2) is 9.56. The van der Waals surface area contributed by atoms with Gasteiger partial charge in [0.15, 0.2) is 0 Å². The van der Waals surface area contributed by atoms with Gasteiger partial charge in [-0.25, -0.2) is 0 Å². The Morgan fingerprint density at radius 1 is 1.06 bits per heavy atom. The molecule has 4 rings (SSSR count). The number of hydrogen-bond donors (Lipinski definition) is 1. The number of furan rings is 1. The standard InChI is InChI=1S/C26H27N3O3/c1-18-8-6-10-21(16-18)32-26-23(13-14-25(30)27-17-22-11-7-15-31-22)20(3)28-29(26)24-12-5-4-9-19(24)2/h4-12,15-16H,13-14,17H2,1-3H3,(H,27,30). The van der Waals surface area contributed by atoms with Gasteiger partial charge in [0.2, 0.25) is 11.8 Å². The van der Waals surface area contributed by atoms with Crippen LogP contribution in [0, 0.1) is 20.8 Å². The molecule has 6 heteroatoms. The van der Waals surface area contributed by atoms with Crippen molar-refractivity contribution >= 4 is 5.91 Å². The first-order chi connectivity index (χ1) is 15.5. The fourth-order valence-electron chi connectivity index (χ4n) is 3.61. The summed E-state index contributed by atoms with van der Waals surface area (Å²) in [5.41, 5.74) is 4.91. The van der Waals surface area contributed by atoms with E-state index in [4.69, 9.17) is 14.3 Å². The van der Waals surface area contributed by atoms with E-state index in [1.165, 1.54) is 0 Å². The fourth-order valence-corrected chi connectivity index (χ4v) is 3.61. The number of aromatic nitrogens is 2. The molecule has 6 nitrogen and oxygen atoms in total. The topological polar surface area (TPSA) is 69.3 Å². The van der Waals surface area contributed by atoms with Gasteiger partial charge in [-0.2, -0.15) is 9.78 Å². The number of ether oxygens (including phenoxy) is 1. The third-order valence-electron chi connectivity index (χ3n) is 5.33. The van der Waals surface area contributed by atoms with Crippen LogP contribution in [0.25, 0.3) is 5.69 Å². The van der Waals surface area contributed by atoms with E-state index in [0.717, 1.165) is 39.6 Å². The van der Waals surface area contributed by atoms with Gasteiger partial charge in [-0.1, -0.05) is 30.3 Å². The number of nitrogens with one attached hydrogen (secondary N) is 1. The van der Waals surface area contributed by atoms with Crippen molar-refractivity contribution in [1.82, 2.24) is 15.1 Å². The Bertz CT molecular complexity index is 1210. The summed E-state index contributed by atoms with van der Waals surface area (Å²) in [5, 5.41) is 7.67. The van der Waals surface area contributed by atoms with E-state index in [9.17, 15) is 4.79 Å². The number of hydrogen-bond acceptors (Lipinski definition) is 4. The first kappa shape index (κ1) is 21.4. The minimum atomic E-state index is -0.0500. The summed E-state index contributed by atoms with van der Waals surface area (Å²) in [6.45, 7) is 6.40. The average molecular weight is 430 g/mol. The molecule has 1 N–H and O–H groups in total. The zero-order chi connectivity index (χ0) is 22.5. The Morgan fingerprint density at radius 3 is 2.66 bits per heavy atom. The van der Waals surface area contributed by atoms with Crippen LogP contribution in [0.15, 0.2) is 71.3 Å². The number of carbonyl (C=O) groups is 1. The highest BCUT2D eigenvalue weighted by Crippen LogP contribution is 2.32. The van der Waals surface area contributed by atoms with Crippen LogP contribution in [0.4, 0.5) is 0 Å². The molecular weight excluding hydrogens is 402 g/mol. The van der Waals surface area contributed by atoms with Gasteiger partial charge in [0.1, 0.15) is 11.5 Å². The number of aryl methyl sites for hydroxylation is 3. The second-order valence-electron chi connectivity index (χ2n) is 7.84. The summed E-state index contributed by atoms with van der Waals surface area (Å²) in [7, 11) is 0. The largest absolute Gasteiger partial charge is 0.467 e. The SMILES string of the molecule is Cc1cccc(Oc2c(CCC(=O)NCc3ccco3)c(C)nn2-c2ccccc2C)c1.